The van der Waals surface area contributed by atoms with Gasteiger partial charge in [-0.3, -0.25) is 4.90 Å². The highest BCUT2D eigenvalue weighted by Gasteiger charge is 2.22. The van der Waals surface area contributed by atoms with Crippen molar-refractivity contribution in [3.63, 3.8) is 0 Å². The van der Waals surface area contributed by atoms with Crippen LogP contribution in [0.25, 0.3) is 11.4 Å². The molecule has 0 aromatic carbocycles. The van der Waals surface area contributed by atoms with E-state index in [0.717, 1.165) is 5.56 Å². The number of carbonyl (C=O) groups excluding carboxylic acids is 1. The molecule has 0 aliphatic carbocycles. The SMILES string of the molecule is Cc1nc(-c2cncnc2)ncc1N(C)C(=O)OC(C)(C)C. The molecular weight excluding hydrogens is 282 g/mol. The molecule has 0 aliphatic rings. The van der Waals surface area contributed by atoms with Gasteiger partial charge in [-0.1, -0.05) is 0 Å². The van der Waals surface area contributed by atoms with Gasteiger partial charge in [0.2, 0.25) is 0 Å². The molecule has 0 atom stereocenters. The van der Waals surface area contributed by atoms with Gasteiger partial charge in [0.25, 0.3) is 0 Å². The Morgan fingerprint density at radius 3 is 2.36 bits per heavy atom. The second-order valence-corrected chi connectivity index (χ2v) is 5.83. The number of anilines is 1. The van der Waals surface area contributed by atoms with E-state index in [4.69, 9.17) is 4.74 Å². The average Bonchev–Trinajstić information content (AvgIpc) is 2.45. The van der Waals surface area contributed by atoms with E-state index in [9.17, 15) is 4.79 Å². The largest absolute Gasteiger partial charge is 0.443 e. The van der Waals surface area contributed by atoms with Crippen molar-refractivity contribution in [3.8, 4) is 11.4 Å². The summed E-state index contributed by atoms with van der Waals surface area (Å²) in [6, 6.07) is 0. The van der Waals surface area contributed by atoms with E-state index in [1.165, 1.54) is 11.2 Å². The number of hydrogen-bond donors (Lipinski definition) is 0. The molecule has 0 radical (unpaired) electrons. The molecule has 0 aliphatic heterocycles. The van der Waals surface area contributed by atoms with Crippen molar-refractivity contribution in [2.24, 2.45) is 0 Å². The van der Waals surface area contributed by atoms with E-state index in [0.29, 0.717) is 17.2 Å². The number of amides is 1. The van der Waals surface area contributed by atoms with Crippen LogP contribution in [0.15, 0.2) is 24.9 Å². The number of aryl methyl sites for hydroxylation is 1. The minimum absolute atomic E-state index is 0.449. The average molecular weight is 301 g/mol. The van der Waals surface area contributed by atoms with E-state index in [2.05, 4.69) is 19.9 Å². The number of rotatable bonds is 2. The Morgan fingerprint density at radius 1 is 1.18 bits per heavy atom. The monoisotopic (exact) mass is 301 g/mol. The summed E-state index contributed by atoms with van der Waals surface area (Å²) >= 11 is 0. The van der Waals surface area contributed by atoms with Crippen molar-refractivity contribution in [1.82, 2.24) is 19.9 Å². The van der Waals surface area contributed by atoms with Crippen molar-refractivity contribution in [2.75, 3.05) is 11.9 Å². The summed E-state index contributed by atoms with van der Waals surface area (Å²) < 4.78 is 5.34. The van der Waals surface area contributed by atoms with Crippen LogP contribution in [0.2, 0.25) is 0 Å². The van der Waals surface area contributed by atoms with Crippen LogP contribution in [-0.2, 0) is 4.74 Å². The quantitative estimate of drug-likeness (QED) is 0.848. The van der Waals surface area contributed by atoms with Crippen molar-refractivity contribution >= 4 is 11.8 Å². The molecule has 2 heterocycles. The molecule has 22 heavy (non-hydrogen) atoms. The van der Waals surface area contributed by atoms with Crippen LogP contribution < -0.4 is 4.90 Å². The zero-order chi connectivity index (χ0) is 16.3. The molecule has 0 N–H and O–H groups in total. The number of carbonyl (C=O) groups is 1. The fourth-order valence-corrected chi connectivity index (χ4v) is 1.77. The van der Waals surface area contributed by atoms with Gasteiger partial charge in [0.05, 0.1) is 23.1 Å². The van der Waals surface area contributed by atoms with E-state index < -0.39 is 11.7 Å². The van der Waals surface area contributed by atoms with Crippen LogP contribution in [0.1, 0.15) is 26.5 Å². The first-order valence-corrected chi connectivity index (χ1v) is 6.83. The first-order chi connectivity index (χ1) is 10.3. The summed E-state index contributed by atoms with van der Waals surface area (Å²) in [5, 5.41) is 0. The summed E-state index contributed by atoms with van der Waals surface area (Å²) in [6.45, 7) is 7.27. The highest BCUT2D eigenvalue weighted by Crippen LogP contribution is 2.21. The maximum atomic E-state index is 12.1. The lowest BCUT2D eigenvalue weighted by molar-refractivity contribution is 0.0589. The molecule has 2 rings (SSSR count). The molecule has 0 unspecified atom stereocenters. The Labute approximate surface area is 129 Å². The molecule has 2 aromatic heterocycles. The summed E-state index contributed by atoms with van der Waals surface area (Å²) in [7, 11) is 1.63. The van der Waals surface area contributed by atoms with Gasteiger partial charge >= 0.3 is 6.09 Å². The van der Waals surface area contributed by atoms with Gasteiger partial charge in [0.1, 0.15) is 11.9 Å². The van der Waals surface area contributed by atoms with Crippen LogP contribution in [0.5, 0.6) is 0 Å². The number of aromatic nitrogens is 4. The fraction of sp³-hybridized carbons (Fsp3) is 0.400. The van der Waals surface area contributed by atoms with Gasteiger partial charge < -0.3 is 4.74 Å². The second kappa shape index (κ2) is 6.05. The van der Waals surface area contributed by atoms with Crippen LogP contribution in [0, 0.1) is 6.92 Å². The normalized spacial score (nSPS) is 11.1. The van der Waals surface area contributed by atoms with Crippen molar-refractivity contribution < 1.29 is 9.53 Å². The smallest absolute Gasteiger partial charge is 0.414 e. The number of nitrogens with zero attached hydrogens (tertiary/aromatic N) is 5. The lowest BCUT2D eigenvalue weighted by atomic mass is 10.2. The maximum Gasteiger partial charge on any atom is 0.414 e. The van der Waals surface area contributed by atoms with Gasteiger partial charge in [0.15, 0.2) is 5.82 Å². The van der Waals surface area contributed by atoms with Crippen molar-refractivity contribution in [2.45, 2.75) is 33.3 Å². The Hall–Kier alpha value is -2.57. The molecule has 1 amide bonds. The van der Waals surface area contributed by atoms with Crippen molar-refractivity contribution in [1.29, 1.82) is 0 Å². The maximum absolute atomic E-state index is 12.1. The lowest BCUT2D eigenvalue weighted by Gasteiger charge is -2.25. The third-order valence-electron chi connectivity index (χ3n) is 2.80. The topological polar surface area (TPSA) is 81.1 Å². The molecule has 0 bridgehead atoms. The molecule has 7 heteroatoms. The summed E-state index contributed by atoms with van der Waals surface area (Å²) in [6.07, 6.45) is 5.86. The fourth-order valence-electron chi connectivity index (χ4n) is 1.77. The number of ether oxygens (including phenoxy) is 1. The predicted molar refractivity (Wildman–Crippen MR) is 82.4 cm³/mol. The summed E-state index contributed by atoms with van der Waals surface area (Å²) in [4.78, 5) is 30.0. The summed E-state index contributed by atoms with van der Waals surface area (Å²) in [5.74, 6) is 0.513. The molecular formula is C15H19N5O2. The van der Waals surface area contributed by atoms with Gasteiger partial charge in [0, 0.05) is 19.4 Å². The molecule has 0 spiro atoms. The number of hydrogen-bond acceptors (Lipinski definition) is 6. The Kier molecular flexibility index (Phi) is 4.35. The Balaban J connectivity index is 2.25. The van der Waals surface area contributed by atoms with Gasteiger partial charge in [-0.25, -0.2) is 24.7 Å². The highest BCUT2D eigenvalue weighted by atomic mass is 16.6. The van der Waals surface area contributed by atoms with Gasteiger partial charge in [-0.05, 0) is 27.7 Å². The summed E-state index contributed by atoms with van der Waals surface area (Å²) in [5.41, 5.74) is 1.43. The molecule has 0 saturated heterocycles. The van der Waals surface area contributed by atoms with Crippen LogP contribution >= 0.6 is 0 Å². The lowest BCUT2D eigenvalue weighted by Crippen LogP contribution is -2.34. The Morgan fingerprint density at radius 2 is 1.82 bits per heavy atom. The Bertz CT molecular complexity index is 667. The minimum Gasteiger partial charge on any atom is -0.443 e. The highest BCUT2D eigenvalue weighted by molar-refractivity contribution is 5.87. The third-order valence-corrected chi connectivity index (χ3v) is 2.80. The first-order valence-electron chi connectivity index (χ1n) is 6.83. The van der Waals surface area contributed by atoms with Gasteiger partial charge in [-0.2, -0.15) is 0 Å². The van der Waals surface area contributed by atoms with Crippen LogP contribution in [-0.4, -0.2) is 38.7 Å². The standard InChI is InChI=1S/C15H19N5O2/c1-10-12(20(5)14(21)22-15(2,3)4)8-18-13(19-10)11-6-16-9-17-7-11/h6-9H,1-5H3. The van der Waals surface area contributed by atoms with Crippen molar-refractivity contribution in [3.05, 3.63) is 30.6 Å². The third kappa shape index (κ3) is 3.75. The predicted octanol–water partition coefficient (Wildman–Crippen LogP) is 2.61. The second-order valence-electron chi connectivity index (χ2n) is 5.83. The zero-order valence-corrected chi connectivity index (χ0v) is 13.4. The molecule has 7 nitrogen and oxygen atoms in total. The van der Waals surface area contributed by atoms with E-state index >= 15 is 0 Å². The van der Waals surface area contributed by atoms with Gasteiger partial charge in [-0.15, -0.1) is 0 Å². The molecule has 2 aromatic rings. The zero-order valence-electron chi connectivity index (χ0n) is 13.4. The van der Waals surface area contributed by atoms with Crippen LogP contribution in [0.3, 0.4) is 0 Å². The van der Waals surface area contributed by atoms with E-state index in [-0.39, 0.29) is 0 Å². The minimum atomic E-state index is -0.554. The molecule has 0 saturated carbocycles. The van der Waals surface area contributed by atoms with Crippen LogP contribution in [0.4, 0.5) is 10.5 Å². The van der Waals surface area contributed by atoms with E-state index in [1.54, 1.807) is 25.6 Å². The molecule has 116 valence electrons. The first kappa shape index (κ1) is 15.8. The van der Waals surface area contributed by atoms with E-state index in [1.807, 2.05) is 27.7 Å². The molecule has 0 fully saturated rings.